The molecule has 0 aliphatic rings. The first-order chi connectivity index (χ1) is 15.5. The molecule has 1 amide bonds. The van der Waals surface area contributed by atoms with Gasteiger partial charge in [0.2, 0.25) is 5.91 Å². The van der Waals surface area contributed by atoms with Crippen LogP contribution in [0.25, 0.3) is 11.0 Å². The summed E-state index contributed by atoms with van der Waals surface area (Å²) in [5.74, 6) is 0.926. The summed E-state index contributed by atoms with van der Waals surface area (Å²) in [7, 11) is 0. The molecule has 0 aliphatic heterocycles. The fourth-order valence-electron chi connectivity index (χ4n) is 3.93. The molecular formula is C27H28ClN3O. The summed E-state index contributed by atoms with van der Waals surface area (Å²) >= 11 is 6.07. The standard InChI is InChI=1S/C27H28ClN3O/c1-3-23(29-26(32)17-14-20-10-8-19(2)9-11-20)27-30-24-6-4-5-7-25(24)31(27)18-21-12-15-22(28)16-13-21/h4-13,15-16,23H,3,14,17-18H2,1-2H3,(H,29,32). The highest BCUT2D eigenvalue weighted by Gasteiger charge is 2.21. The van der Waals surface area contributed by atoms with Gasteiger partial charge in [0, 0.05) is 18.0 Å². The molecule has 0 bridgehead atoms. The third-order valence-corrected chi connectivity index (χ3v) is 6.01. The molecule has 0 aliphatic carbocycles. The van der Waals surface area contributed by atoms with E-state index in [0.717, 1.165) is 40.3 Å². The van der Waals surface area contributed by atoms with Crippen LogP contribution in [-0.2, 0) is 17.8 Å². The van der Waals surface area contributed by atoms with Crippen molar-refractivity contribution in [3.8, 4) is 0 Å². The van der Waals surface area contributed by atoms with Gasteiger partial charge in [-0.3, -0.25) is 4.79 Å². The molecule has 4 aromatic rings. The van der Waals surface area contributed by atoms with Gasteiger partial charge in [-0.2, -0.15) is 0 Å². The molecule has 164 valence electrons. The molecule has 1 aromatic heterocycles. The number of carbonyl (C=O) groups excluding carboxylic acids is 1. The van der Waals surface area contributed by atoms with E-state index in [1.54, 1.807) is 0 Å². The van der Waals surface area contributed by atoms with E-state index in [9.17, 15) is 4.79 Å². The van der Waals surface area contributed by atoms with Crippen molar-refractivity contribution in [1.29, 1.82) is 0 Å². The van der Waals surface area contributed by atoms with Crippen molar-refractivity contribution < 1.29 is 4.79 Å². The van der Waals surface area contributed by atoms with Gasteiger partial charge in [0.1, 0.15) is 5.82 Å². The van der Waals surface area contributed by atoms with Crippen molar-refractivity contribution in [3.05, 3.63) is 100 Å². The van der Waals surface area contributed by atoms with Crippen LogP contribution in [0.15, 0.2) is 72.8 Å². The Kier molecular flexibility index (Phi) is 6.91. The minimum atomic E-state index is -0.153. The summed E-state index contributed by atoms with van der Waals surface area (Å²) in [6.45, 7) is 4.82. The van der Waals surface area contributed by atoms with E-state index in [2.05, 4.69) is 54.1 Å². The van der Waals surface area contributed by atoms with E-state index in [4.69, 9.17) is 16.6 Å². The molecule has 1 unspecified atom stereocenters. The largest absolute Gasteiger partial charge is 0.346 e. The van der Waals surface area contributed by atoms with Crippen LogP contribution < -0.4 is 5.32 Å². The molecule has 0 fully saturated rings. The topological polar surface area (TPSA) is 46.9 Å². The number of para-hydroxylation sites is 2. The van der Waals surface area contributed by atoms with Gasteiger partial charge in [-0.05, 0) is 55.2 Å². The number of halogens is 1. The van der Waals surface area contributed by atoms with Crippen LogP contribution in [0.1, 0.15) is 48.3 Å². The molecule has 0 spiro atoms. The quantitative estimate of drug-likeness (QED) is 0.348. The molecule has 4 nitrogen and oxygen atoms in total. The second kappa shape index (κ2) is 10.0. The Labute approximate surface area is 194 Å². The van der Waals surface area contributed by atoms with Gasteiger partial charge in [0.25, 0.3) is 0 Å². The first kappa shape index (κ1) is 22.1. The number of aromatic nitrogens is 2. The van der Waals surface area contributed by atoms with Crippen LogP contribution in [0.4, 0.5) is 0 Å². The third kappa shape index (κ3) is 5.20. The van der Waals surface area contributed by atoms with Gasteiger partial charge >= 0.3 is 0 Å². The summed E-state index contributed by atoms with van der Waals surface area (Å²) in [5.41, 5.74) is 5.53. The maximum Gasteiger partial charge on any atom is 0.220 e. The Morgan fingerprint density at radius 2 is 1.69 bits per heavy atom. The van der Waals surface area contributed by atoms with Gasteiger partial charge in [0.15, 0.2) is 0 Å². The van der Waals surface area contributed by atoms with E-state index < -0.39 is 0 Å². The summed E-state index contributed by atoms with van der Waals surface area (Å²) in [6, 6.07) is 24.2. The number of nitrogens with zero attached hydrogens (tertiary/aromatic N) is 2. The van der Waals surface area contributed by atoms with Crippen molar-refractivity contribution in [2.75, 3.05) is 0 Å². The Morgan fingerprint density at radius 3 is 2.41 bits per heavy atom. The van der Waals surface area contributed by atoms with E-state index in [1.807, 2.05) is 42.5 Å². The molecule has 3 aromatic carbocycles. The molecule has 0 radical (unpaired) electrons. The fraction of sp³-hybridized carbons (Fsp3) is 0.259. The average molecular weight is 446 g/mol. The predicted molar refractivity (Wildman–Crippen MR) is 131 cm³/mol. The Morgan fingerprint density at radius 1 is 1.00 bits per heavy atom. The lowest BCUT2D eigenvalue weighted by molar-refractivity contribution is -0.121. The van der Waals surface area contributed by atoms with Crippen LogP contribution >= 0.6 is 11.6 Å². The Hall–Kier alpha value is -3.11. The Bertz CT molecular complexity index is 1200. The average Bonchev–Trinajstić information content (AvgIpc) is 3.17. The summed E-state index contributed by atoms with van der Waals surface area (Å²) in [4.78, 5) is 17.7. The number of fused-ring (bicyclic) bond motifs is 1. The second-order valence-corrected chi connectivity index (χ2v) is 8.62. The summed E-state index contributed by atoms with van der Waals surface area (Å²) < 4.78 is 2.20. The number of hydrogen-bond donors (Lipinski definition) is 1. The highest BCUT2D eigenvalue weighted by molar-refractivity contribution is 6.30. The van der Waals surface area contributed by atoms with Crippen molar-refractivity contribution in [3.63, 3.8) is 0 Å². The molecule has 1 atom stereocenters. The van der Waals surface area contributed by atoms with Crippen LogP contribution in [-0.4, -0.2) is 15.5 Å². The maximum absolute atomic E-state index is 12.8. The number of carbonyl (C=O) groups is 1. The number of nitrogens with one attached hydrogen (secondary N) is 1. The summed E-state index contributed by atoms with van der Waals surface area (Å²) in [5, 5.41) is 3.94. The zero-order chi connectivity index (χ0) is 22.5. The number of benzene rings is 3. The number of hydrogen-bond acceptors (Lipinski definition) is 2. The van der Waals surface area contributed by atoms with Crippen LogP contribution in [0.2, 0.25) is 5.02 Å². The molecule has 32 heavy (non-hydrogen) atoms. The van der Waals surface area contributed by atoms with E-state index in [0.29, 0.717) is 13.0 Å². The third-order valence-electron chi connectivity index (χ3n) is 5.75. The molecule has 5 heteroatoms. The van der Waals surface area contributed by atoms with Crippen molar-refractivity contribution >= 4 is 28.5 Å². The number of imidazole rings is 1. The predicted octanol–water partition coefficient (Wildman–Crippen LogP) is 6.25. The lowest BCUT2D eigenvalue weighted by atomic mass is 10.1. The zero-order valence-electron chi connectivity index (χ0n) is 18.5. The van der Waals surface area contributed by atoms with Gasteiger partial charge in [-0.25, -0.2) is 4.98 Å². The van der Waals surface area contributed by atoms with E-state index in [1.165, 1.54) is 11.1 Å². The van der Waals surface area contributed by atoms with Crippen molar-refractivity contribution in [2.45, 2.75) is 45.7 Å². The maximum atomic E-state index is 12.8. The monoisotopic (exact) mass is 445 g/mol. The highest BCUT2D eigenvalue weighted by Crippen LogP contribution is 2.25. The number of rotatable bonds is 8. The van der Waals surface area contributed by atoms with E-state index >= 15 is 0 Å². The minimum absolute atomic E-state index is 0.0440. The van der Waals surface area contributed by atoms with Gasteiger partial charge in [0.05, 0.1) is 17.1 Å². The lowest BCUT2D eigenvalue weighted by Crippen LogP contribution is -2.30. The van der Waals surface area contributed by atoms with Crippen molar-refractivity contribution in [1.82, 2.24) is 14.9 Å². The molecule has 0 saturated carbocycles. The second-order valence-electron chi connectivity index (χ2n) is 8.19. The van der Waals surface area contributed by atoms with Gasteiger partial charge < -0.3 is 9.88 Å². The lowest BCUT2D eigenvalue weighted by Gasteiger charge is -2.19. The van der Waals surface area contributed by atoms with Gasteiger partial charge in [-0.1, -0.05) is 72.6 Å². The molecule has 1 heterocycles. The van der Waals surface area contributed by atoms with Crippen molar-refractivity contribution in [2.24, 2.45) is 0 Å². The minimum Gasteiger partial charge on any atom is -0.346 e. The molecule has 4 rings (SSSR count). The molecular weight excluding hydrogens is 418 g/mol. The van der Waals surface area contributed by atoms with Gasteiger partial charge in [-0.15, -0.1) is 0 Å². The highest BCUT2D eigenvalue weighted by atomic mass is 35.5. The molecule has 1 N–H and O–H groups in total. The number of amides is 1. The first-order valence-corrected chi connectivity index (χ1v) is 11.5. The molecule has 0 saturated heterocycles. The SMILES string of the molecule is CCC(NC(=O)CCc1ccc(C)cc1)c1nc2ccccc2n1Cc1ccc(Cl)cc1. The number of aryl methyl sites for hydroxylation is 2. The smallest absolute Gasteiger partial charge is 0.220 e. The van der Waals surface area contributed by atoms with Crippen LogP contribution in [0.5, 0.6) is 0 Å². The van der Waals surface area contributed by atoms with E-state index in [-0.39, 0.29) is 11.9 Å². The normalized spacial score (nSPS) is 12.1. The Balaban J connectivity index is 1.55. The fourth-order valence-corrected chi connectivity index (χ4v) is 4.05. The van der Waals surface area contributed by atoms with Crippen LogP contribution in [0, 0.1) is 6.92 Å². The first-order valence-electron chi connectivity index (χ1n) is 11.1. The van der Waals surface area contributed by atoms with Crippen LogP contribution in [0.3, 0.4) is 0 Å². The summed E-state index contributed by atoms with van der Waals surface area (Å²) in [6.07, 6.45) is 1.95. The zero-order valence-corrected chi connectivity index (χ0v) is 19.3.